The number of ether oxygens (including phenoxy) is 1. The second-order valence-corrected chi connectivity index (χ2v) is 12.8. The van der Waals surface area contributed by atoms with Crippen LogP contribution in [0.2, 0.25) is 0 Å². The molecule has 0 radical (unpaired) electrons. The molecule has 1 aliphatic carbocycles. The van der Waals surface area contributed by atoms with E-state index in [1.165, 1.54) is 27.8 Å². The van der Waals surface area contributed by atoms with Crippen LogP contribution in [0.1, 0.15) is 76.1 Å². The molecule has 7 rings (SSSR count). The number of carbonyl (C=O) groups is 1. The van der Waals surface area contributed by atoms with Crippen LogP contribution in [0.3, 0.4) is 0 Å². The minimum Gasteiger partial charge on any atom is -0.448 e. The molecule has 3 aliphatic heterocycles. The van der Waals surface area contributed by atoms with E-state index in [1.54, 1.807) is 0 Å². The van der Waals surface area contributed by atoms with Crippen molar-refractivity contribution in [2.24, 2.45) is 0 Å². The summed E-state index contributed by atoms with van der Waals surface area (Å²) in [7, 11) is -0.426. The highest BCUT2D eigenvalue weighted by Gasteiger charge is 2.52. The summed E-state index contributed by atoms with van der Waals surface area (Å²) in [4.78, 5) is 20.4. The molecule has 41 heavy (non-hydrogen) atoms. The maximum atomic E-state index is 13.6. The van der Waals surface area contributed by atoms with Gasteiger partial charge in [0.05, 0.1) is 22.9 Å². The van der Waals surface area contributed by atoms with Crippen molar-refractivity contribution in [3.63, 3.8) is 0 Å². The number of hydrogen-bond acceptors (Lipinski definition) is 5. The Kier molecular flexibility index (Phi) is 6.36. The molecular weight excluding hydrogens is 511 g/mol. The van der Waals surface area contributed by atoms with E-state index in [0.29, 0.717) is 6.61 Å². The normalized spacial score (nSPS) is 24.0. The van der Waals surface area contributed by atoms with E-state index in [4.69, 9.17) is 19.0 Å². The highest BCUT2D eigenvalue weighted by molar-refractivity contribution is 6.62. The maximum absolute atomic E-state index is 13.6. The monoisotopic (exact) mass is 548 g/mol. The average Bonchev–Trinajstić information content (AvgIpc) is 3.40. The molecule has 1 amide bonds. The molecule has 7 heteroatoms. The van der Waals surface area contributed by atoms with Gasteiger partial charge in [-0.1, -0.05) is 60.7 Å². The van der Waals surface area contributed by atoms with E-state index in [-0.39, 0.29) is 35.3 Å². The van der Waals surface area contributed by atoms with Crippen LogP contribution in [0.5, 0.6) is 0 Å². The van der Waals surface area contributed by atoms with Gasteiger partial charge in [0.2, 0.25) is 0 Å². The van der Waals surface area contributed by atoms with Gasteiger partial charge in [0.25, 0.3) is 0 Å². The van der Waals surface area contributed by atoms with E-state index in [0.717, 1.165) is 36.8 Å². The van der Waals surface area contributed by atoms with E-state index < -0.39 is 7.12 Å². The zero-order chi connectivity index (χ0) is 28.4. The second-order valence-electron chi connectivity index (χ2n) is 12.8. The van der Waals surface area contributed by atoms with Crippen LogP contribution in [0.25, 0.3) is 16.7 Å². The molecule has 4 heterocycles. The second kappa shape index (κ2) is 9.85. The standard InChI is InChI=1S/C34H37BN2O4/c1-33(2)34(3,4)41-35(40-33)23-16-17-31(36-20-23)22-18-24-10-9-11-25(19-22)37(24)32(38)39-21-30-28-14-7-5-12-26(28)27-13-6-8-15-29(27)30/h5-8,12-18,20,24-25,30H,9-11,19,21H2,1-4H3. The highest BCUT2D eigenvalue weighted by Crippen LogP contribution is 2.45. The molecule has 3 aromatic rings. The molecule has 2 saturated heterocycles. The third kappa shape index (κ3) is 4.50. The van der Waals surface area contributed by atoms with Crippen molar-refractivity contribution in [3.05, 3.63) is 89.8 Å². The first-order valence-corrected chi connectivity index (χ1v) is 14.9. The first kappa shape index (κ1) is 26.5. The predicted octanol–water partition coefficient (Wildman–Crippen LogP) is 6.34. The molecule has 4 aliphatic rings. The Morgan fingerprint density at radius 2 is 1.61 bits per heavy atom. The molecule has 2 bridgehead atoms. The molecular formula is C34H37BN2O4. The minimum atomic E-state index is -0.426. The summed E-state index contributed by atoms with van der Waals surface area (Å²) in [6.45, 7) is 8.58. The van der Waals surface area contributed by atoms with Gasteiger partial charge in [0.1, 0.15) is 6.61 Å². The Morgan fingerprint density at radius 3 is 2.22 bits per heavy atom. The first-order valence-electron chi connectivity index (χ1n) is 14.9. The number of rotatable bonds is 4. The van der Waals surface area contributed by atoms with Gasteiger partial charge in [-0.2, -0.15) is 0 Å². The molecule has 6 nitrogen and oxygen atoms in total. The summed E-state index contributed by atoms with van der Waals surface area (Å²) in [5.41, 5.74) is 7.24. The van der Waals surface area contributed by atoms with Crippen LogP contribution in [-0.2, 0) is 14.0 Å². The number of nitrogens with zero attached hydrogens (tertiary/aromatic N) is 2. The van der Waals surface area contributed by atoms with Crippen molar-refractivity contribution in [3.8, 4) is 11.1 Å². The Hall–Kier alpha value is -3.42. The fourth-order valence-electron chi connectivity index (χ4n) is 6.89. The Bertz CT molecular complexity index is 1450. The number of pyridine rings is 1. The molecule has 2 atom stereocenters. The van der Waals surface area contributed by atoms with Crippen LogP contribution in [0, 0.1) is 0 Å². The van der Waals surface area contributed by atoms with Gasteiger partial charge in [0, 0.05) is 23.6 Å². The van der Waals surface area contributed by atoms with Crippen LogP contribution >= 0.6 is 0 Å². The third-order valence-corrected chi connectivity index (χ3v) is 9.82. The Labute approximate surface area is 242 Å². The Morgan fingerprint density at radius 1 is 0.951 bits per heavy atom. The third-order valence-electron chi connectivity index (χ3n) is 9.82. The van der Waals surface area contributed by atoms with E-state index >= 15 is 0 Å². The fraction of sp³-hybridized carbons (Fsp3) is 0.412. The van der Waals surface area contributed by atoms with Crippen LogP contribution < -0.4 is 5.46 Å². The van der Waals surface area contributed by atoms with Gasteiger partial charge in [0.15, 0.2) is 0 Å². The maximum Gasteiger partial charge on any atom is 0.496 e. The number of carbonyl (C=O) groups excluding carboxylic acids is 1. The highest BCUT2D eigenvalue weighted by atomic mass is 16.7. The van der Waals surface area contributed by atoms with E-state index in [1.807, 2.05) is 11.1 Å². The van der Waals surface area contributed by atoms with Crippen molar-refractivity contribution < 1.29 is 18.8 Å². The summed E-state index contributed by atoms with van der Waals surface area (Å²) in [6.07, 6.45) is 7.70. The van der Waals surface area contributed by atoms with Gasteiger partial charge in [-0.25, -0.2) is 4.79 Å². The molecule has 0 N–H and O–H groups in total. The lowest BCUT2D eigenvalue weighted by Crippen LogP contribution is -2.52. The zero-order valence-corrected chi connectivity index (χ0v) is 24.3. The number of piperidine rings is 1. The molecule has 0 saturated carbocycles. The van der Waals surface area contributed by atoms with Crippen LogP contribution in [0.4, 0.5) is 4.79 Å². The first-order chi connectivity index (χ1) is 19.7. The SMILES string of the molecule is CC1(C)OB(c2ccc(C3=CC4CCCC(C3)N4C(=O)OCC3c4ccccc4-c4ccccc43)nc2)OC1(C)C. The number of hydrogen-bond donors (Lipinski definition) is 0. The number of fused-ring (bicyclic) bond motifs is 5. The summed E-state index contributed by atoms with van der Waals surface area (Å²) in [5, 5.41) is 0. The smallest absolute Gasteiger partial charge is 0.448 e. The van der Waals surface area contributed by atoms with Crippen molar-refractivity contribution >= 4 is 24.2 Å². The van der Waals surface area contributed by atoms with Crippen molar-refractivity contribution in [2.45, 2.75) is 82.6 Å². The summed E-state index contributed by atoms with van der Waals surface area (Å²) in [5.74, 6) is 0.0637. The number of benzene rings is 2. The van der Waals surface area contributed by atoms with E-state index in [2.05, 4.69) is 94.4 Å². The minimum absolute atomic E-state index is 0.0257. The molecule has 2 aromatic carbocycles. The van der Waals surface area contributed by atoms with Gasteiger partial charge in [-0.05, 0) is 87.3 Å². The molecule has 210 valence electrons. The topological polar surface area (TPSA) is 60.9 Å². The summed E-state index contributed by atoms with van der Waals surface area (Å²) in [6, 6.07) is 21.2. The lowest BCUT2D eigenvalue weighted by molar-refractivity contribution is 0.00578. The summed E-state index contributed by atoms with van der Waals surface area (Å²) >= 11 is 0. The number of amides is 1. The lowest BCUT2D eigenvalue weighted by atomic mass is 9.79. The van der Waals surface area contributed by atoms with Crippen molar-refractivity contribution in [1.29, 1.82) is 0 Å². The van der Waals surface area contributed by atoms with E-state index in [9.17, 15) is 4.79 Å². The lowest BCUT2D eigenvalue weighted by Gasteiger charge is -2.44. The number of aromatic nitrogens is 1. The van der Waals surface area contributed by atoms with Crippen LogP contribution in [0.15, 0.2) is 72.9 Å². The largest absolute Gasteiger partial charge is 0.496 e. The molecule has 2 unspecified atom stereocenters. The molecule has 2 fully saturated rings. The average molecular weight is 548 g/mol. The zero-order valence-electron chi connectivity index (χ0n) is 24.3. The van der Waals surface area contributed by atoms with Gasteiger partial charge in [-0.3, -0.25) is 9.88 Å². The quantitative estimate of drug-likeness (QED) is 0.356. The van der Waals surface area contributed by atoms with Gasteiger partial charge in [-0.15, -0.1) is 0 Å². The van der Waals surface area contributed by atoms with Gasteiger partial charge < -0.3 is 14.0 Å². The Balaban J connectivity index is 1.06. The van der Waals surface area contributed by atoms with Gasteiger partial charge >= 0.3 is 13.2 Å². The van der Waals surface area contributed by atoms with Crippen molar-refractivity contribution in [2.75, 3.05) is 6.61 Å². The fourth-order valence-corrected chi connectivity index (χ4v) is 6.89. The molecule has 0 spiro atoms. The van der Waals surface area contributed by atoms with Crippen molar-refractivity contribution in [1.82, 2.24) is 9.88 Å². The summed E-state index contributed by atoms with van der Waals surface area (Å²) < 4.78 is 18.5. The molecule has 1 aromatic heterocycles. The van der Waals surface area contributed by atoms with Crippen LogP contribution in [-0.4, -0.2) is 53.0 Å². The predicted molar refractivity (Wildman–Crippen MR) is 161 cm³/mol.